The fourth-order valence-electron chi connectivity index (χ4n) is 4.11. The largest absolute Gasteiger partial charge is 0.447 e. The quantitative estimate of drug-likeness (QED) is 0.127. The van der Waals surface area contributed by atoms with Crippen molar-refractivity contribution >= 4 is 50.6 Å². The Balaban J connectivity index is 1.63. The van der Waals surface area contributed by atoms with Gasteiger partial charge in [0.05, 0.1) is 32.7 Å². The lowest BCUT2D eigenvalue weighted by atomic mass is 10.1. The highest BCUT2D eigenvalue weighted by Gasteiger charge is 2.27. The zero-order valence-corrected chi connectivity index (χ0v) is 27.4. The number of rotatable bonds is 9. The third-order valence-electron chi connectivity index (χ3n) is 5.86. The fourth-order valence-corrected chi connectivity index (χ4v) is 6.85. The molecule has 0 bridgehead atoms. The number of hydrogen-bond acceptors (Lipinski definition) is 11. The Morgan fingerprint density at radius 3 is 2.24 bits per heavy atom. The van der Waals surface area contributed by atoms with Gasteiger partial charge in [0.25, 0.3) is 5.69 Å². The van der Waals surface area contributed by atoms with Crippen LogP contribution in [0, 0.1) is 17.0 Å². The smallest absolute Gasteiger partial charge is 0.417 e. The maximum absolute atomic E-state index is 13.6. The predicted molar refractivity (Wildman–Crippen MR) is 174 cm³/mol. The summed E-state index contributed by atoms with van der Waals surface area (Å²) in [6, 6.07) is 11.0. The molecule has 2 aromatic heterocycles. The van der Waals surface area contributed by atoms with Crippen molar-refractivity contribution in [2.75, 3.05) is 10.6 Å². The summed E-state index contributed by atoms with van der Waals surface area (Å²) in [5, 5.41) is 16.5. The van der Waals surface area contributed by atoms with Gasteiger partial charge in [-0.3, -0.25) is 25.7 Å². The van der Waals surface area contributed by atoms with E-state index in [-0.39, 0.29) is 28.1 Å². The van der Waals surface area contributed by atoms with Gasteiger partial charge >= 0.3 is 12.2 Å². The lowest BCUT2D eigenvalue weighted by molar-refractivity contribution is -0.384. The first-order valence-electron chi connectivity index (χ1n) is 13.8. The Kier molecular flexibility index (Phi) is 10.0. The first-order valence-corrected chi connectivity index (χ1v) is 16.1. The molecule has 0 radical (unpaired) electrons. The van der Waals surface area contributed by atoms with Crippen LogP contribution >= 0.6 is 11.3 Å². The molecule has 16 heteroatoms. The summed E-state index contributed by atoms with van der Waals surface area (Å²) in [7, 11) is -4.11. The highest BCUT2D eigenvalue weighted by molar-refractivity contribution is 7.89. The molecule has 0 atom stereocenters. The highest BCUT2D eigenvalue weighted by atomic mass is 32.2. The summed E-state index contributed by atoms with van der Waals surface area (Å²) < 4.78 is 40.1. The number of amides is 2. The molecule has 0 spiro atoms. The van der Waals surface area contributed by atoms with Gasteiger partial charge in [0, 0.05) is 35.1 Å². The Hall–Kier alpha value is -4.93. The molecular formula is C30H32N6O8S2. The number of nitro groups is 1. The first kappa shape index (κ1) is 34.0. The molecule has 4 aromatic rings. The van der Waals surface area contributed by atoms with Crippen molar-refractivity contribution in [1.82, 2.24) is 14.7 Å². The van der Waals surface area contributed by atoms with E-state index in [2.05, 4.69) is 25.3 Å². The second-order valence-corrected chi connectivity index (χ2v) is 14.0. The lowest BCUT2D eigenvalue weighted by Crippen LogP contribution is -2.40. The second kappa shape index (κ2) is 13.6. The molecular weight excluding hydrogens is 636 g/mol. The van der Waals surface area contributed by atoms with Gasteiger partial charge in [0.15, 0.2) is 0 Å². The van der Waals surface area contributed by atoms with Gasteiger partial charge in [0.2, 0.25) is 10.0 Å². The topological polar surface area (TPSA) is 192 Å². The average molecular weight is 669 g/mol. The standard InChI is InChI=1S/C30H32N6O8S2/c1-17(2)43-28(37)34-20-13-18(3)26(31-15-20)27-32-16-24(45-27)23-12-7-19(14-25(23)46(41,42)35-30(4,5)6)33-29(38)44-22-10-8-21(9-11-22)36(39)40/h7-17,35H,1-6H3,(H,33,38)(H,34,37). The molecule has 4 rings (SSSR count). The van der Waals surface area contributed by atoms with Crippen LogP contribution in [0.15, 0.2) is 65.8 Å². The van der Waals surface area contributed by atoms with Crippen LogP contribution in [0.25, 0.3) is 21.1 Å². The molecule has 14 nitrogen and oxygen atoms in total. The molecule has 242 valence electrons. The van der Waals surface area contributed by atoms with Crippen molar-refractivity contribution < 1.29 is 32.4 Å². The number of hydrogen-bond donors (Lipinski definition) is 3. The molecule has 0 aliphatic heterocycles. The van der Waals surface area contributed by atoms with Crippen LogP contribution in [-0.2, 0) is 14.8 Å². The number of benzene rings is 2. The van der Waals surface area contributed by atoms with Gasteiger partial charge in [-0.15, -0.1) is 11.3 Å². The van der Waals surface area contributed by atoms with Crippen LogP contribution in [0.5, 0.6) is 5.75 Å². The van der Waals surface area contributed by atoms with E-state index in [1.165, 1.54) is 60.1 Å². The van der Waals surface area contributed by atoms with E-state index >= 15 is 0 Å². The Labute approximate surface area is 269 Å². The highest BCUT2D eigenvalue weighted by Crippen LogP contribution is 2.37. The second-order valence-electron chi connectivity index (χ2n) is 11.3. The van der Waals surface area contributed by atoms with Crippen molar-refractivity contribution in [3.63, 3.8) is 0 Å². The molecule has 0 unspecified atom stereocenters. The molecule has 0 saturated heterocycles. The van der Waals surface area contributed by atoms with Crippen molar-refractivity contribution in [1.29, 1.82) is 0 Å². The number of nitrogens with one attached hydrogen (secondary N) is 3. The van der Waals surface area contributed by atoms with Gasteiger partial charge in [0.1, 0.15) is 16.5 Å². The molecule has 2 heterocycles. The number of nitro benzene ring substituents is 1. The number of sulfonamides is 1. The van der Waals surface area contributed by atoms with Crippen LogP contribution in [0.3, 0.4) is 0 Å². The van der Waals surface area contributed by atoms with E-state index in [1.54, 1.807) is 46.8 Å². The number of aromatic nitrogens is 2. The van der Waals surface area contributed by atoms with Crippen LogP contribution in [0.4, 0.5) is 26.7 Å². The van der Waals surface area contributed by atoms with Crippen molar-refractivity contribution in [2.24, 2.45) is 0 Å². The van der Waals surface area contributed by atoms with Crippen LogP contribution in [-0.4, -0.2) is 47.1 Å². The number of ether oxygens (including phenoxy) is 2. The maximum atomic E-state index is 13.6. The van der Waals surface area contributed by atoms with Crippen molar-refractivity contribution in [2.45, 2.75) is 58.1 Å². The molecule has 0 aliphatic carbocycles. The van der Waals surface area contributed by atoms with Crippen LogP contribution in [0.2, 0.25) is 0 Å². The SMILES string of the molecule is Cc1cc(NC(=O)OC(C)C)cnc1-c1ncc(-c2ccc(NC(=O)Oc3ccc([N+](=O)[O-])cc3)cc2S(=O)(=O)NC(C)(C)C)s1. The monoisotopic (exact) mass is 668 g/mol. The van der Waals surface area contributed by atoms with E-state index in [4.69, 9.17) is 9.47 Å². The number of pyridine rings is 1. The molecule has 46 heavy (non-hydrogen) atoms. The molecule has 3 N–H and O–H groups in total. The number of anilines is 2. The lowest BCUT2D eigenvalue weighted by Gasteiger charge is -2.22. The predicted octanol–water partition coefficient (Wildman–Crippen LogP) is 6.73. The van der Waals surface area contributed by atoms with Crippen molar-refractivity contribution in [3.05, 3.63) is 76.6 Å². The number of nitrogens with zero attached hydrogens (tertiary/aromatic N) is 3. The van der Waals surface area contributed by atoms with E-state index in [1.807, 2.05) is 6.92 Å². The van der Waals surface area contributed by atoms with Crippen LogP contribution < -0.4 is 20.1 Å². The molecule has 0 saturated carbocycles. The summed E-state index contributed by atoms with van der Waals surface area (Å²) >= 11 is 1.22. The summed E-state index contributed by atoms with van der Waals surface area (Å²) in [5.74, 6) is 0.0577. The minimum atomic E-state index is -4.11. The van der Waals surface area contributed by atoms with Gasteiger partial charge in [-0.05, 0) is 77.4 Å². The average Bonchev–Trinajstić information content (AvgIpc) is 3.41. The van der Waals surface area contributed by atoms with Gasteiger partial charge in [-0.25, -0.2) is 27.7 Å². The number of carbonyl (C=O) groups is 2. The zero-order chi connectivity index (χ0) is 33.8. The Bertz CT molecular complexity index is 1880. The minimum absolute atomic E-state index is 0.0577. The van der Waals surface area contributed by atoms with Gasteiger partial charge in [-0.2, -0.15) is 0 Å². The van der Waals surface area contributed by atoms with Crippen molar-refractivity contribution in [3.8, 4) is 26.9 Å². The molecule has 0 fully saturated rings. The van der Waals surface area contributed by atoms with E-state index < -0.39 is 32.7 Å². The molecule has 2 amide bonds. The summed E-state index contributed by atoms with van der Waals surface area (Å²) in [6.45, 7) is 10.4. The van der Waals surface area contributed by atoms with E-state index in [0.717, 1.165) is 5.56 Å². The Morgan fingerprint density at radius 1 is 0.957 bits per heavy atom. The fraction of sp³-hybridized carbons (Fsp3) is 0.267. The zero-order valence-electron chi connectivity index (χ0n) is 25.8. The Morgan fingerprint density at radius 2 is 1.63 bits per heavy atom. The molecule has 2 aromatic carbocycles. The minimum Gasteiger partial charge on any atom is -0.447 e. The van der Waals surface area contributed by atoms with Gasteiger partial charge in [-0.1, -0.05) is 6.07 Å². The summed E-state index contributed by atoms with van der Waals surface area (Å²) in [4.78, 5) is 44.2. The summed E-state index contributed by atoms with van der Waals surface area (Å²) in [6.07, 6.45) is 1.20. The van der Waals surface area contributed by atoms with Gasteiger partial charge < -0.3 is 9.47 Å². The first-order chi connectivity index (χ1) is 21.5. The maximum Gasteiger partial charge on any atom is 0.417 e. The number of aryl methyl sites for hydroxylation is 1. The summed E-state index contributed by atoms with van der Waals surface area (Å²) in [5.41, 5.74) is 1.19. The third-order valence-corrected chi connectivity index (χ3v) is 8.69. The van der Waals surface area contributed by atoms with E-state index in [0.29, 0.717) is 26.8 Å². The van der Waals surface area contributed by atoms with Crippen LogP contribution in [0.1, 0.15) is 40.2 Å². The molecule has 0 aliphatic rings. The normalized spacial score (nSPS) is 11.6. The number of non-ortho nitro benzene ring substituents is 1. The third kappa shape index (κ3) is 8.83. The van der Waals surface area contributed by atoms with E-state index in [9.17, 15) is 28.1 Å². The number of thiazole rings is 1. The number of carbonyl (C=O) groups excluding carboxylic acids is 2.